The van der Waals surface area contributed by atoms with E-state index in [0.717, 1.165) is 36.8 Å². The van der Waals surface area contributed by atoms with Crippen LogP contribution in [0.2, 0.25) is 0 Å². The lowest BCUT2D eigenvalue weighted by molar-refractivity contribution is 0.345. The third-order valence-electron chi connectivity index (χ3n) is 9.09. The Kier molecular flexibility index (Phi) is 22.5. The largest absolute Gasteiger partial charge is 0.441 e. The molecule has 0 spiro atoms. The highest BCUT2D eigenvalue weighted by atomic mass is 31.2. The Morgan fingerprint density at radius 2 is 0.878 bits per heavy atom. The van der Waals surface area contributed by atoms with Crippen LogP contribution >= 0.6 is 7.94 Å². The molecule has 0 unspecified atom stereocenters. The molecular weight excluding hydrogens is 523 g/mol. The Morgan fingerprint density at radius 3 is 1.27 bits per heavy atom. The maximum atomic E-state index is 10.3. The maximum Gasteiger partial charge on any atom is 0.441 e. The van der Waals surface area contributed by atoms with Gasteiger partial charge in [-0.2, -0.15) is 14.7 Å². The smallest absolute Gasteiger partial charge is 0.189 e. The van der Waals surface area contributed by atoms with E-state index in [0.29, 0.717) is 5.30 Å². The van der Waals surface area contributed by atoms with E-state index in [1.807, 2.05) is 6.07 Å². The summed E-state index contributed by atoms with van der Waals surface area (Å²) >= 11 is 0. The molecule has 0 aliphatic rings. The molecule has 240 valence electrons. The molecule has 3 N–H and O–H groups in total. The minimum Gasteiger partial charge on any atom is -0.189 e. The van der Waals surface area contributed by atoms with Crippen molar-refractivity contribution in [3.8, 4) is 0 Å². The molecule has 1 rings (SSSR count). The van der Waals surface area contributed by atoms with Gasteiger partial charge in [-0.25, -0.2) is 0 Å². The van der Waals surface area contributed by atoms with Crippen molar-refractivity contribution in [1.82, 2.24) is 0 Å². The van der Waals surface area contributed by atoms with Crippen LogP contribution in [0.1, 0.15) is 199 Å². The van der Waals surface area contributed by atoms with Gasteiger partial charge in [0.15, 0.2) is 5.30 Å². The van der Waals surface area contributed by atoms with Crippen LogP contribution in [-0.4, -0.2) is 14.7 Å². The van der Waals surface area contributed by atoms with Crippen LogP contribution in [0, 0.1) is 0 Å². The summed E-state index contributed by atoms with van der Waals surface area (Å²) in [5.41, 5.74) is 1.82. The fourth-order valence-corrected chi connectivity index (χ4v) is 7.31. The zero-order valence-corrected chi connectivity index (χ0v) is 28.8. The molecule has 1 aromatic carbocycles. The van der Waals surface area contributed by atoms with Crippen LogP contribution in [0.4, 0.5) is 0 Å². The quantitative estimate of drug-likeness (QED) is 0.0669. The fraction of sp³-hybridized carbons (Fsp3) is 0.838. The third-order valence-corrected chi connectivity index (χ3v) is 10.1. The summed E-state index contributed by atoms with van der Waals surface area (Å²) in [7, 11) is -4.07. The molecule has 0 saturated heterocycles. The van der Waals surface area contributed by atoms with E-state index in [1.54, 1.807) is 0 Å². The number of hydrogen-bond donors (Lipinski definition) is 3. The second kappa shape index (κ2) is 23.9. The molecule has 4 heteroatoms. The molecule has 0 aliphatic carbocycles. The zero-order chi connectivity index (χ0) is 30.2. The highest BCUT2D eigenvalue weighted by Gasteiger charge is 2.41. The summed E-state index contributed by atoms with van der Waals surface area (Å²) < 4.78 is 0. The Bertz CT molecular complexity index is 740. The van der Waals surface area contributed by atoms with Gasteiger partial charge in [-0.15, -0.1) is 0 Å². The summed E-state index contributed by atoms with van der Waals surface area (Å²) in [4.78, 5) is 31.0. The first-order valence-corrected chi connectivity index (χ1v) is 19.6. The molecule has 0 atom stereocenters. The van der Waals surface area contributed by atoms with E-state index in [1.165, 1.54) is 141 Å². The van der Waals surface area contributed by atoms with Gasteiger partial charge in [0, 0.05) is 5.56 Å². The monoisotopic (exact) mass is 594 g/mol. The van der Waals surface area contributed by atoms with Crippen LogP contribution in [0.15, 0.2) is 18.2 Å². The lowest BCUT2D eigenvalue weighted by Gasteiger charge is -2.27. The second-order valence-corrected chi connectivity index (χ2v) is 15.2. The van der Waals surface area contributed by atoms with Crippen molar-refractivity contribution in [2.45, 2.75) is 200 Å². The van der Waals surface area contributed by atoms with Gasteiger partial charge in [0.1, 0.15) is 0 Å². The summed E-state index contributed by atoms with van der Waals surface area (Å²) in [6.07, 6.45) is 33.9. The van der Waals surface area contributed by atoms with E-state index in [9.17, 15) is 14.7 Å². The van der Waals surface area contributed by atoms with Crippen LogP contribution in [0.25, 0.3) is 0 Å². The van der Waals surface area contributed by atoms with Crippen molar-refractivity contribution in [1.29, 1.82) is 0 Å². The van der Waals surface area contributed by atoms with Crippen LogP contribution in [-0.2, 0) is 11.8 Å². The van der Waals surface area contributed by atoms with Gasteiger partial charge in [-0.3, -0.25) is 0 Å². The molecule has 3 nitrogen and oxygen atoms in total. The SMILES string of the molecule is CCCCCCCCCCCCCCc1ccc(C(C)(C)CCCCCCCCCCCCCC)c([P+](O)(O)O)c1. The predicted molar refractivity (Wildman–Crippen MR) is 183 cm³/mol. The molecule has 0 fully saturated rings. The Balaban J connectivity index is 2.33. The summed E-state index contributed by atoms with van der Waals surface area (Å²) in [6, 6.07) is 6.09. The average molecular weight is 594 g/mol. The highest BCUT2D eigenvalue weighted by molar-refractivity contribution is 7.66. The third kappa shape index (κ3) is 19.4. The van der Waals surface area contributed by atoms with Gasteiger partial charge in [-0.1, -0.05) is 188 Å². The molecule has 0 aromatic heterocycles. The summed E-state index contributed by atoms with van der Waals surface area (Å²) in [5.74, 6) is 0. The van der Waals surface area contributed by atoms with E-state index < -0.39 is 7.94 Å². The van der Waals surface area contributed by atoms with Crippen LogP contribution < -0.4 is 5.30 Å². The van der Waals surface area contributed by atoms with Gasteiger partial charge in [0.05, 0.1) is 0 Å². The topological polar surface area (TPSA) is 60.7 Å². The maximum absolute atomic E-state index is 10.3. The van der Waals surface area contributed by atoms with E-state index in [4.69, 9.17) is 0 Å². The van der Waals surface area contributed by atoms with E-state index in [-0.39, 0.29) is 5.41 Å². The van der Waals surface area contributed by atoms with E-state index in [2.05, 4.69) is 39.8 Å². The first-order valence-electron chi connectivity index (χ1n) is 17.9. The number of aryl methyl sites for hydroxylation is 1. The molecule has 0 radical (unpaired) electrons. The van der Waals surface area contributed by atoms with E-state index >= 15 is 0 Å². The lowest BCUT2D eigenvalue weighted by atomic mass is 9.79. The summed E-state index contributed by atoms with van der Waals surface area (Å²) in [6.45, 7) is 8.92. The van der Waals surface area contributed by atoms with Crippen molar-refractivity contribution in [2.24, 2.45) is 0 Å². The number of benzene rings is 1. The molecule has 0 heterocycles. The predicted octanol–water partition coefficient (Wildman–Crippen LogP) is 11.7. The van der Waals surface area contributed by atoms with Crippen molar-refractivity contribution in [2.75, 3.05) is 0 Å². The Hall–Kier alpha value is -0.470. The lowest BCUT2D eigenvalue weighted by Crippen LogP contribution is -2.28. The minimum atomic E-state index is -4.07. The van der Waals surface area contributed by atoms with Crippen molar-refractivity contribution >= 4 is 13.2 Å². The van der Waals surface area contributed by atoms with Crippen LogP contribution in [0.5, 0.6) is 0 Å². The molecule has 0 saturated carbocycles. The fourth-order valence-electron chi connectivity index (χ4n) is 6.27. The molecule has 0 aliphatic heterocycles. The molecule has 1 aromatic rings. The number of hydrogen-bond acceptors (Lipinski definition) is 3. The standard InChI is InChI=1S/C37H70O3P/c1-5-7-9-11-13-15-17-19-21-23-25-27-29-34-30-31-35(36(33-34)41(38,39)40)37(3,4)32-28-26-24-22-20-18-16-14-12-10-8-6-2/h30-31,33,38-40H,5-29,32H2,1-4H3/q+1. The zero-order valence-electron chi connectivity index (χ0n) is 27.9. The highest BCUT2D eigenvalue weighted by Crippen LogP contribution is 2.47. The van der Waals surface area contributed by atoms with Gasteiger partial charge >= 0.3 is 7.94 Å². The minimum absolute atomic E-state index is 0.193. The van der Waals surface area contributed by atoms with Crippen molar-refractivity contribution in [3.05, 3.63) is 29.3 Å². The Labute approximate surface area is 256 Å². The van der Waals surface area contributed by atoms with Gasteiger partial charge in [0.25, 0.3) is 0 Å². The average Bonchev–Trinajstić information content (AvgIpc) is 2.93. The molecular formula is C37H70O3P+. The first-order chi connectivity index (χ1) is 19.7. The van der Waals surface area contributed by atoms with Crippen LogP contribution in [0.3, 0.4) is 0 Å². The molecule has 0 amide bonds. The van der Waals surface area contributed by atoms with Crippen molar-refractivity contribution in [3.63, 3.8) is 0 Å². The van der Waals surface area contributed by atoms with Gasteiger partial charge in [0.2, 0.25) is 0 Å². The van der Waals surface area contributed by atoms with Crippen molar-refractivity contribution < 1.29 is 14.7 Å². The van der Waals surface area contributed by atoms with Gasteiger partial charge in [-0.05, 0) is 36.3 Å². The second-order valence-electron chi connectivity index (χ2n) is 13.6. The van der Waals surface area contributed by atoms with Gasteiger partial charge < -0.3 is 0 Å². The molecule has 41 heavy (non-hydrogen) atoms. The summed E-state index contributed by atoms with van der Waals surface area (Å²) in [5, 5.41) is 0.373. The number of rotatable bonds is 28. The Morgan fingerprint density at radius 1 is 0.512 bits per heavy atom. The normalized spacial score (nSPS) is 12.4. The first kappa shape index (κ1) is 38.6. The number of unbranched alkanes of at least 4 members (excludes halogenated alkanes) is 22. The molecule has 0 bridgehead atoms.